The van der Waals surface area contributed by atoms with Crippen molar-refractivity contribution < 1.29 is 30.0 Å². The molecule has 1 saturated heterocycles. The Balaban J connectivity index is 1.89. The van der Waals surface area contributed by atoms with E-state index >= 15 is 0 Å². The number of Topliss-reactive ketones (excluding diaryl/α,β-unsaturated/α-hetero) is 1. The molecule has 1 atom stereocenters. The fourth-order valence-electron chi connectivity index (χ4n) is 3.00. The van der Waals surface area contributed by atoms with Crippen LogP contribution < -0.4 is 4.72 Å². The van der Waals surface area contributed by atoms with Gasteiger partial charge in [-0.05, 0) is 55.8 Å². The van der Waals surface area contributed by atoms with Crippen LogP contribution in [0.3, 0.4) is 0 Å². The van der Waals surface area contributed by atoms with Gasteiger partial charge in [0, 0.05) is 11.3 Å². The summed E-state index contributed by atoms with van der Waals surface area (Å²) in [5.74, 6) is -0.828. The highest BCUT2D eigenvalue weighted by atomic mass is 32.2. The highest BCUT2D eigenvalue weighted by Gasteiger charge is 2.38. The number of anilines is 1. The Hall–Kier alpha value is -2.24. The second kappa shape index (κ2) is 7.54. The van der Waals surface area contributed by atoms with Gasteiger partial charge < -0.3 is 0 Å². The number of nitrogens with one attached hydrogen (secondary N) is 1. The number of ketones is 1. The van der Waals surface area contributed by atoms with Crippen molar-refractivity contribution in [1.82, 2.24) is 0 Å². The maximum atomic E-state index is 12.7. The third-order valence-electron chi connectivity index (χ3n) is 4.62. The highest BCUT2D eigenvalue weighted by molar-refractivity contribution is 7.96. The summed E-state index contributed by atoms with van der Waals surface area (Å²) in [4.78, 5) is 10.8. The number of carbonyl (C=O) groups is 1. The topological polar surface area (TPSA) is 132 Å². The standard InChI is InChI=1S/C18H19NO7S3/c1-13(20)14-5-7-15(8-6-14)19-29(25,26)17-4-2-3-16(11-17)28(23,24)18-9-10-27(21,22)12-18/h2-8,11,18-19H,9-10,12H2,1H3/t18-/m1/s1. The molecule has 156 valence electrons. The van der Waals surface area contributed by atoms with Crippen LogP contribution >= 0.6 is 0 Å². The van der Waals surface area contributed by atoms with Gasteiger partial charge in [-0.2, -0.15) is 0 Å². The first-order valence-corrected chi connectivity index (χ1v) is 13.4. The summed E-state index contributed by atoms with van der Waals surface area (Å²) in [7, 11) is -11.5. The van der Waals surface area contributed by atoms with Gasteiger partial charge in [0.1, 0.15) is 0 Å². The number of sulfonamides is 1. The Labute approximate surface area is 169 Å². The Morgan fingerprint density at radius 2 is 1.62 bits per heavy atom. The summed E-state index contributed by atoms with van der Waals surface area (Å²) in [6.45, 7) is 1.39. The zero-order valence-corrected chi connectivity index (χ0v) is 17.8. The van der Waals surface area contributed by atoms with Gasteiger partial charge in [0.05, 0.1) is 26.5 Å². The quantitative estimate of drug-likeness (QED) is 0.652. The Morgan fingerprint density at radius 3 is 2.17 bits per heavy atom. The molecule has 1 N–H and O–H groups in total. The van der Waals surface area contributed by atoms with Crippen LogP contribution in [0.2, 0.25) is 0 Å². The van der Waals surface area contributed by atoms with Crippen LogP contribution in [0.5, 0.6) is 0 Å². The first kappa shape index (κ1) is 21.5. The predicted molar refractivity (Wildman–Crippen MR) is 108 cm³/mol. The van der Waals surface area contributed by atoms with Gasteiger partial charge in [0.25, 0.3) is 10.0 Å². The molecule has 1 fully saturated rings. The van der Waals surface area contributed by atoms with Gasteiger partial charge in [0.15, 0.2) is 25.5 Å². The second-order valence-electron chi connectivity index (χ2n) is 6.78. The molecule has 0 spiro atoms. The normalized spacial score (nSPS) is 19.0. The fourth-order valence-corrected chi connectivity index (χ4v) is 8.59. The maximum absolute atomic E-state index is 12.7. The molecule has 1 heterocycles. The second-order valence-corrected chi connectivity index (χ2v) is 12.9. The number of sulfone groups is 2. The molecule has 11 heteroatoms. The smallest absolute Gasteiger partial charge is 0.261 e. The van der Waals surface area contributed by atoms with Crippen LogP contribution in [0, 0.1) is 0 Å². The van der Waals surface area contributed by atoms with Crippen molar-refractivity contribution in [2.75, 3.05) is 16.2 Å². The number of rotatable bonds is 6. The van der Waals surface area contributed by atoms with Crippen molar-refractivity contribution in [3.05, 3.63) is 54.1 Å². The highest BCUT2D eigenvalue weighted by Crippen LogP contribution is 2.27. The molecule has 0 aromatic heterocycles. The average molecular weight is 458 g/mol. The van der Waals surface area contributed by atoms with Crippen LogP contribution in [0.4, 0.5) is 5.69 Å². The lowest BCUT2D eigenvalue weighted by Gasteiger charge is -2.12. The molecule has 0 amide bonds. The molecule has 0 radical (unpaired) electrons. The van der Waals surface area contributed by atoms with Crippen LogP contribution in [-0.4, -0.2) is 47.8 Å². The van der Waals surface area contributed by atoms with Gasteiger partial charge in [-0.1, -0.05) is 6.07 Å². The molecule has 0 unspecified atom stereocenters. The molecule has 0 aliphatic carbocycles. The van der Waals surface area contributed by atoms with E-state index in [-0.39, 0.29) is 33.4 Å². The number of carbonyl (C=O) groups excluding carboxylic acids is 1. The Morgan fingerprint density at radius 1 is 1.00 bits per heavy atom. The third kappa shape index (κ3) is 4.68. The van der Waals surface area contributed by atoms with Gasteiger partial charge >= 0.3 is 0 Å². The first-order chi connectivity index (χ1) is 13.4. The van der Waals surface area contributed by atoms with E-state index in [0.29, 0.717) is 5.56 Å². The molecule has 8 nitrogen and oxygen atoms in total. The minimum atomic E-state index is -4.09. The molecule has 0 bridgehead atoms. The van der Waals surface area contributed by atoms with E-state index in [2.05, 4.69) is 4.72 Å². The Bertz CT molecular complexity index is 1260. The molecular weight excluding hydrogens is 438 g/mol. The largest absolute Gasteiger partial charge is 0.295 e. The van der Waals surface area contributed by atoms with E-state index in [1.165, 1.54) is 49.4 Å². The van der Waals surface area contributed by atoms with Crippen LogP contribution in [-0.2, 0) is 29.7 Å². The van der Waals surface area contributed by atoms with Crippen molar-refractivity contribution in [1.29, 1.82) is 0 Å². The summed E-state index contributed by atoms with van der Waals surface area (Å²) < 4.78 is 76.4. The minimum absolute atomic E-state index is 0.0115. The van der Waals surface area contributed by atoms with Crippen LogP contribution in [0.1, 0.15) is 23.7 Å². The summed E-state index contributed by atoms with van der Waals surface area (Å²) in [5, 5.41) is -1.09. The zero-order chi connectivity index (χ0) is 21.4. The van der Waals surface area contributed by atoms with Crippen molar-refractivity contribution in [3.8, 4) is 0 Å². The molecule has 0 saturated carbocycles. The minimum Gasteiger partial charge on any atom is -0.295 e. The van der Waals surface area contributed by atoms with Crippen molar-refractivity contribution >= 4 is 41.2 Å². The molecule has 3 rings (SSSR count). The first-order valence-electron chi connectivity index (χ1n) is 8.59. The van der Waals surface area contributed by atoms with E-state index in [1.54, 1.807) is 0 Å². The summed E-state index contributed by atoms with van der Waals surface area (Å²) in [5.41, 5.74) is 0.637. The molecular formula is C18H19NO7S3. The summed E-state index contributed by atoms with van der Waals surface area (Å²) >= 11 is 0. The number of benzene rings is 2. The van der Waals surface area contributed by atoms with Crippen molar-refractivity contribution in [2.45, 2.75) is 28.4 Å². The molecule has 2 aromatic carbocycles. The fraction of sp³-hybridized carbons (Fsp3) is 0.278. The zero-order valence-electron chi connectivity index (χ0n) is 15.4. The third-order valence-corrected chi connectivity index (χ3v) is 10.2. The summed E-state index contributed by atoms with van der Waals surface area (Å²) in [6, 6.07) is 10.6. The molecule has 1 aliphatic rings. The SMILES string of the molecule is CC(=O)c1ccc(NS(=O)(=O)c2cccc(S(=O)(=O)[C@@H]3CCS(=O)(=O)C3)c2)cc1. The van der Waals surface area contributed by atoms with E-state index < -0.39 is 40.7 Å². The van der Waals surface area contributed by atoms with Crippen molar-refractivity contribution in [3.63, 3.8) is 0 Å². The van der Waals surface area contributed by atoms with Crippen LogP contribution in [0.25, 0.3) is 0 Å². The number of hydrogen-bond acceptors (Lipinski definition) is 7. The molecule has 2 aromatic rings. The lowest BCUT2D eigenvalue weighted by molar-refractivity contribution is 0.101. The van der Waals surface area contributed by atoms with E-state index in [4.69, 9.17) is 0 Å². The monoisotopic (exact) mass is 457 g/mol. The van der Waals surface area contributed by atoms with Gasteiger partial charge in [0.2, 0.25) is 0 Å². The van der Waals surface area contributed by atoms with Gasteiger partial charge in [-0.15, -0.1) is 0 Å². The van der Waals surface area contributed by atoms with E-state index in [9.17, 15) is 30.0 Å². The molecule has 29 heavy (non-hydrogen) atoms. The number of hydrogen-bond donors (Lipinski definition) is 1. The molecule has 1 aliphatic heterocycles. The van der Waals surface area contributed by atoms with Crippen molar-refractivity contribution in [2.24, 2.45) is 0 Å². The van der Waals surface area contributed by atoms with E-state index in [0.717, 1.165) is 6.07 Å². The maximum Gasteiger partial charge on any atom is 0.261 e. The van der Waals surface area contributed by atoms with Crippen LogP contribution in [0.15, 0.2) is 58.3 Å². The van der Waals surface area contributed by atoms with Gasteiger partial charge in [-0.3, -0.25) is 9.52 Å². The van der Waals surface area contributed by atoms with Gasteiger partial charge in [-0.25, -0.2) is 25.3 Å². The Kier molecular flexibility index (Phi) is 5.58. The van der Waals surface area contributed by atoms with E-state index in [1.807, 2.05) is 0 Å². The average Bonchev–Trinajstić information content (AvgIpc) is 3.02. The summed E-state index contributed by atoms with van der Waals surface area (Å²) in [6.07, 6.45) is -0.0115. The lowest BCUT2D eigenvalue weighted by atomic mass is 10.1. The lowest BCUT2D eigenvalue weighted by Crippen LogP contribution is -2.23. The predicted octanol–water partition coefficient (Wildman–Crippen LogP) is 1.65.